The van der Waals surface area contributed by atoms with Crippen LogP contribution in [0.15, 0.2) is 12.3 Å². The molecule has 1 aliphatic carbocycles. The van der Waals surface area contributed by atoms with Crippen molar-refractivity contribution in [2.24, 2.45) is 11.8 Å². The zero-order chi connectivity index (χ0) is 25.6. The summed E-state index contributed by atoms with van der Waals surface area (Å²) in [5, 5.41) is 10.5. The van der Waals surface area contributed by atoms with Crippen LogP contribution in [0.5, 0.6) is 5.75 Å². The standard InChI is InChI=1S/C25H36F3N5O2/c1-5-33-23(17(3)22(32-33)24(34)31-14-18-9-7-16(2)8-10-18)19-15-30-21(13-20(19)35-4)29-12-6-11-25(26,27)28/h13,15-16,18H,5-12,14H2,1-4H3,(H,29,30)(H,31,34). The first kappa shape index (κ1) is 26.8. The predicted molar refractivity (Wildman–Crippen MR) is 130 cm³/mol. The van der Waals surface area contributed by atoms with Gasteiger partial charge >= 0.3 is 6.18 Å². The molecule has 0 spiro atoms. The number of anilines is 1. The fourth-order valence-electron chi connectivity index (χ4n) is 4.58. The van der Waals surface area contributed by atoms with E-state index in [9.17, 15) is 18.0 Å². The number of aromatic nitrogens is 3. The van der Waals surface area contributed by atoms with Crippen molar-refractivity contribution in [1.82, 2.24) is 20.1 Å². The number of amides is 1. The summed E-state index contributed by atoms with van der Waals surface area (Å²) < 4.78 is 44.4. The fourth-order valence-corrected chi connectivity index (χ4v) is 4.58. The third kappa shape index (κ3) is 7.11. The minimum Gasteiger partial charge on any atom is -0.496 e. The zero-order valence-corrected chi connectivity index (χ0v) is 21.0. The summed E-state index contributed by atoms with van der Waals surface area (Å²) >= 11 is 0. The summed E-state index contributed by atoms with van der Waals surface area (Å²) in [4.78, 5) is 17.3. The molecule has 7 nitrogen and oxygen atoms in total. The van der Waals surface area contributed by atoms with Gasteiger partial charge in [-0.1, -0.05) is 19.8 Å². The molecule has 0 aliphatic heterocycles. The van der Waals surface area contributed by atoms with Gasteiger partial charge in [0, 0.05) is 43.9 Å². The van der Waals surface area contributed by atoms with E-state index in [-0.39, 0.29) is 18.9 Å². The van der Waals surface area contributed by atoms with Crippen LogP contribution >= 0.6 is 0 Å². The first-order chi connectivity index (χ1) is 16.6. The number of alkyl halides is 3. The van der Waals surface area contributed by atoms with Crippen molar-refractivity contribution in [3.8, 4) is 17.0 Å². The molecular weight excluding hydrogens is 459 g/mol. The zero-order valence-electron chi connectivity index (χ0n) is 21.0. The molecule has 35 heavy (non-hydrogen) atoms. The predicted octanol–water partition coefficient (Wildman–Crippen LogP) is 5.59. The lowest BCUT2D eigenvalue weighted by atomic mass is 9.83. The van der Waals surface area contributed by atoms with Gasteiger partial charge in [-0.25, -0.2) is 4.98 Å². The lowest BCUT2D eigenvalue weighted by Crippen LogP contribution is -2.31. The Morgan fingerprint density at radius 3 is 2.60 bits per heavy atom. The van der Waals surface area contributed by atoms with Crippen LogP contribution in [-0.4, -0.2) is 47.0 Å². The van der Waals surface area contributed by atoms with E-state index in [1.54, 1.807) is 16.9 Å². The van der Waals surface area contributed by atoms with E-state index in [0.29, 0.717) is 41.8 Å². The molecule has 194 valence electrons. The van der Waals surface area contributed by atoms with E-state index in [1.165, 1.54) is 20.0 Å². The highest BCUT2D eigenvalue weighted by atomic mass is 19.4. The minimum absolute atomic E-state index is 0.0463. The lowest BCUT2D eigenvalue weighted by molar-refractivity contribution is -0.134. The van der Waals surface area contributed by atoms with Gasteiger partial charge < -0.3 is 15.4 Å². The highest BCUT2D eigenvalue weighted by Gasteiger charge is 2.26. The van der Waals surface area contributed by atoms with E-state index in [1.807, 2.05) is 13.8 Å². The molecule has 0 aromatic carbocycles. The van der Waals surface area contributed by atoms with Gasteiger partial charge in [-0.3, -0.25) is 9.48 Å². The average molecular weight is 496 g/mol. The van der Waals surface area contributed by atoms with Crippen molar-refractivity contribution in [2.45, 2.75) is 72.0 Å². The Hall–Kier alpha value is -2.78. The van der Waals surface area contributed by atoms with E-state index < -0.39 is 12.6 Å². The van der Waals surface area contributed by atoms with Gasteiger partial charge in [-0.2, -0.15) is 18.3 Å². The molecule has 1 aliphatic rings. The maximum atomic E-state index is 13.0. The number of pyridine rings is 1. The number of aryl methyl sites for hydroxylation is 1. The van der Waals surface area contributed by atoms with Crippen LogP contribution in [0.25, 0.3) is 11.3 Å². The van der Waals surface area contributed by atoms with Crippen LogP contribution in [0.3, 0.4) is 0 Å². The number of hydrogen-bond donors (Lipinski definition) is 2. The highest BCUT2D eigenvalue weighted by Crippen LogP contribution is 2.35. The molecule has 2 aromatic heterocycles. The van der Waals surface area contributed by atoms with Crippen LogP contribution in [-0.2, 0) is 6.54 Å². The Morgan fingerprint density at radius 2 is 1.97 bits per heavy atom. The van der Waals surface area contributed by atoms with E-state index in [0.717, 1.165) is 30.0 Å². The molecule has 0 saturated heterocycles. The first-order valence-corrected chi connectivity index (χ1v) is 12.3. The third-order valence-electron chi connectivity index (χ3n) is 6.67. The smallest absolute Gasteiger partial charge is 0.389 e. The Labute approximate surface area is 204 Å². The van der Waals surface area contributed by atoms with Crippen molar-refractivity contribution in [3.63, 3.8) is 0 Å². The molecule has 3 rings (SSSR count). The second-order valence-corrected chi connectivity index (χ2v) is 9.39. The molecule has 0 unspecified atom stereocenters. The van der Waals surface area contributed by atoms with E-state index in [4.69, 9.17) is 4.74 Å². The van der Waals surface area contributed by atoms with Gasteiger partial charge in [-0.15, -0.1) is 0 Å². The summed E-state index contributed by atoms with van der Waals surface area (Å²) in [5.74, 6) is 2.00. The molecule has 2 N–H and O–H groups in total. The van der Waals surface area contributed by atoms with Crippen LogP contribution in [0, 0.1) is 18.8 Å². The fraction of sp³-hybridized carbons (Fsp3) is 0.640. The number of nitrogens with one attached hydrogen (secondary N) is 2. The number of methoxy groups -OCH3 is 1. The summed E-state index contributed by atoms with van der Waals surface area (Å²) in [6, 6.07) is 1.65. The molecule has 0 atom stereocenters. The first-order valence-electron chi connectivity index (χ1n) is 12.3. The van der Waals surface area contributed by atoms with E-state index >= 15 is 0 Å². The molecule has 0 bridgehead atoms. The molecule has 1 saturated carbocycles. The summed E-state index contributed by atoms with van der Waals surface area (Å²) in [6.45, 7) is 7.41. The number of hydrogen-bond acceptors (Lipinski definition) is 5. The molecule has 1 fully saturated rings. The number of carbonyl (C=O) groups is 1. The maximum Gasteiger partial charge on any atom is 0.389 e. The Bertz CT molecular complexity index is 998. The molecule has 1 amide bonds. The van der Waals surface area contributed by atoms with Gasteiger partial charge in [0.25, 0.3) is 5.91 Å². The molecule has 2 heterocycles. The Kier molecular flexibility index (Phi) is 9.02. The monoisotopic (exact) mass is 495 g/mol. The van der Waals surface area contributed by atoms with Crippen LogP contribution in [0.1, 0.15) is 68.4 Å². The van der Waals surface area contributed by atoms with Gasteiger partial charge in [0.1, 0.15) is 11.6 Å². The second-order valence-electron chi connectivity index (χ2n) is 9.39. The maximum absolute atomic E-state index is 13.0. The van der Waals surface area contributed by atoms with Gasteiger partial charge in [0.05, 0.1) is 18.4 Å². The Balaban J connectivity index is 1.74. The van der Waals surface area contributed by atoms with Crippen LogP contribution < -0.4 is 15.4 Å². The topological polar surface area (TPSA) is 81.1 Å². The second kappa shape index (κ2) is 11.8. The lowest BCUT2D eigenvalue weighted by Gasteiger charge is -2.26. The number of carbonyl (C=O) groups excluding carboxylic acids is 1. The van der Waals surface area contributed by atoms with Crippen molar-refractivity contribution in [1.29, 1.82) is 0 Å². The number of halogens is 3. The van der Waals surface area contributed by atoms with Crippen LogP contribution in [0.4, 0.5) is 19.0 Å². The number of nitrogens with zero attached hydrogens (tertiary/aromatic N) is 3. The summed E-state index contributed by atoms with van der Waals surface area (Å²) in [7, 11) is 1.52. The molecule has 10 heteroatoms. The van der Waals surface area contributed by atoms with Crippen molar-refractivity contribution in [2.75, 3.05) is 25.5 Å². The number of rotatable bonds is 10. The van der Waals surface area contributed by atoms with Gasteiger partial charge in [0.15, 0.2) is 5.69 Å². The van der Waals surface area contributed by atoms with Crippen LogP contribution in [0.2, 0.25) is 0 Å². The summed E-state index contributed by atoms with van der Waals surface area (Å²) in [6.07, 6.45) is 1.20. The Morgan fingerprint density at radius 1 is 1.26 bits per heavy atom. The average Bonchev–Trinajstić information content (AvgIpc) is 3.16. The van der Waals surface area contributed by atoms with E-state index in [2.05, 4.69) is 27.6 Å². The largest absolute Gasteiger partial charge is 0.496 e. The molecule has 2 aromatic rings. The molecular formula is C25H36F3N5O2. The van der Waals surface area contributed by atoms with Gasteiger partial charge in [-0.05, 0) is 44.9 Å². The summed E-state index contributed by atoms with van der Waals surface area (Å²) in [5.41, 5.74) is 2.51. The number of ether oxygens (including phenoxy) is 1. The minimum atomic E-state index is -4.17. The van der Waals surface area contributed by atoms with Gasteiger partial charge in [0.2, 0.25) is 0 Å². The molecule has 0 radical (unpaired) electrons. The highest BCUT2D eigenvalue weighted by molar-refractivity contribution is 5.95. The third-order valence-corrected chi connectivity index (χ3v) is 6.67. The SMILES string of the molecule is CCn1nc(C(=O)NCC2CCC(C)CC2)c(C)c1-c1cnc(NCCCC(F)(F)F)cc1OC. The van der Waals surface area contributed by atoms with Crippen molar-refractivity contribution in [3.05, 3.63) is 23.5 Å². The van der Waals surface area contributed by atoms with Crippen molar-refractivity contribution < 1.29 is 22.7 Å². The quantitative estimate of drug-likeness (QED) is 0.420. The van der Waals surface area contributed by atoms with Crippen molar-refractivity contribution >= 4 is 11.7 Å². The normalized spacial score (nSPS) is 18.4.